The van der Waals surface area contributed by atoms with Gasteiger partial charge in [0, 0.05) is 12.0 Å². The summed E-state index contributed by atoms with van der Waals surface area (Å²) in [5.41, 5.74) is 5.11. The number of hydrogen-bond acceptors (Lipinski definition) is 3. The van der Waals surface area contributed by atoms with E-state index in [1.54, 1.807) is 11.1 Å². The van der Waals surface area contributed by atoms with Crippen LogP contribution in [0.4, 0.5) is 4.39 Å². The predicted octanol–water partition coefficient (Wildman–Crippen LogP) is 5.77. The lowest BCUT2D eigenvalue weighted by Crippen LogP contribution is -2.42. The monoisotopic (exact) mass is 469 g/mol. The molecule has 0 N–H and O–H groups in total. The molecule has 180 valence electrons. The molecule has 0 aliphatic carbocycles. The van der Waals surface area contributed by atoms with Crippen molar-refractivity contribution < 1.29 is 9.18 Å². The Bertz CT molecular complexity index is 1200. The van der Waals surface area contributed by atoms with E-state index in [0.717, 1.165) is 54.8 Å². The lowest BCUT2D eigenvalue weighted by molar-refractivity contribution is -0.134. The van der Waals surface area contributed by atoms with Crippen LogP contribution in [0.15, 0.2) is 84.0 Å². The lowest BCUT2D eigenvalue weighted by atomic mass is 9.90. The summed E-state index contributed by atoms with van der Waals surface area (Å²) >= 11 is 0. The summed E-state index contributed by atoms with van der Waals surface area (Å²) in [5.74, 6) is 0.375. The molecule has 2 heterocycles. The molecule has 3 aromatic rings. The Morgan fingerprint density at radius 1 is 0.971 bits per heavy atom. The SMILES string of the molecule is Cc1ccccc1C1CC(c2cccc(F)c2)=NN1C(=O)CN1CCC(Cc2ccccc2)CC1. The molecule has 35 heavy (non-hydrogen) atoms. The van der Waals surface area contributed by atoms with Crippen LogP contribution in [0.2, 0.25) is 0 Å². The highest BCUT2D eigenvalue weighted by molar-refractivity contribution is 6.03. The molecule has 1 amide bonds. The van der Waals surface area contributed by atoms with Gasteiger partial charge in [-0.1, -0.05) is 66.7 Å². The summed E-state index contributed by atoms with van der Waals surface area (Å²) in [7, 11) is 0. The van der Waals surface area contributed by atoms with E-state index >= 15 is 0 Å². The topological polar surface area (TPSA) is 35.9 Å². The maximum atomic E-state index is 13.9. The van der Waals surface area contributed by atoms with E-state index in [1.807, 2.05) is 18.2 Å². The average Bonchev–Trinajstić information content (AvgIpc) is 3.32. The summed E-state index contributed by atoms with van der Waals surface area (Å²) in [6, 6.07) is 25.1. The average molecular weight is 470 g/mol. The van der Waals surface area contributed by atoms with E-state index < -0.39 is 0 Å². The van der Waals surface area contributed by atoms with Crippen molar-refractivity contribution >= 4 is 11.6 Å². The number of piperidine rings is 1. The van der Waals surface area contributed by atoms with Gasteiger partial charge in [0.05, 0.1) is 18.3 Å². The maximum Gasteiger partial charge on any atom is 0.257 e. The molecule has 0 aromatic heterocycles. The van der Waals surface area contributed by atoms with E-state index in [0.29, 0.717) is 18.9 Å². The van der Waals surface area contributed by atoms with Crippen molar-refractivity contribution in [3.05, 3.63) is 107 Å². The fraction of sp³-hybridized carbons (Fsp3) is 0.333. The first-order valence-electron chi connectivity index (χ1n) is 12.5. The lowest BCUT2D eigenvalue weighted by Gasteiger charge is -2.33. The van der Waals surface area contributed by atoms with Gasteiger partial charge in [0.2, 0.25) is 0 Å². The van der Waals surface area contributed by atoms with Crippen molar-refractivity contribution in [3.8, 4) is 0 Å². The Labute approximate surface area is 207 Å². The minimum absolute atomic E-state index is 0.00571. The quantitative estimate of drug-likeness (QED) is 0.460. The smallest absolute Gasteiger partial charge is 0.257 e. The molecular formula is C30H32FN3O. The van der Waals surface area contributed by atoms with Crippen molar-refractivity contribution in [2.45, 2.75) is 38.6 Å². The van der Waals surface area contributed by atoms with E-state index in [4.69, 9.17) is 5.10 Å². The molecule has 0 radical (unpaired) electrons. The zero-order valence-corrected chi connectivity index (χ0v) is 20.2. The molecule has 1 fully saturated rings. The van der Waals surface area contributed by atoms with E-state index in [9.17, 15) is 9.18 Å². The van der Waals surface area contributed by atoms with Crippen molar-refractivity contribution in [2.75, 3.05) is 19.6 Å². The molecule has 2 aliphatic rings. The van der Waals surface area contributed by atoms with Gasteiger partial charge in [0.15, 0.2) is 0 Å². The van der Waals surface area contributed by atoms with Gasteiger partial charge in [-0.2, -0.15) is 5.10 Å². The third-order valence-electron chi connectivity index (χ3n) is 7.30. The molecule has 0 bridgehead atoms. The third kappa shape index (κ3) is 5.51. The number of likely N-dealkylation sites (tertiary alicyclic amines) is 1. The first kappa shape index (κ1) is 23.4. The highest BCUT2D eigenvalue weighted by Crippen LogP contribution is 2.35. The van der Waals surface area contributed by atoms with Crippen LogP contribution >= 0.6 is 0 Å². The fourth-order valence-electron chi connectivity index (χ4n) is 5.35. The largest absolute Gasteiger partial charge is 0.294 e. The molecule has 1 unspecified atom stereocenters. The van der Waals surface area contributed by atoms with Crippen LogP contribution < -0.4 is 0 Å². The second-order valence-electron chi connectivity index (χ2n) is 9.78. The molecule has 0 saturated carbocycles. The van der Waals surface area contributed by atoms with Crippen LogP contribution in [-0.4, -0.2) is 41.2 Å². The fourth-order valence-corrected chi connectivity index (χ4v) is 5.35. The second-order valence-corrected chi connectivity index (χ2v) is 9.78. The summed E-state index contributed by atoms with van der Waals surface area (Å²) in [4.78, 5) is 15.8. The van der Waals surface area contributed by atoms with Gasteiger partial charge in [0.1, 0.15) is 5.82 Å². The van der Waals surface area contributed by atoms with E-state index in [-0.39, 0.29) is 17.8 Å². The van der Waals surface area contributed by atoms with Crippen molar-refractivity contribution in [3.63, 3.8) is 0 Å². The van der Waals surface area contributed by atoms with Crippen LogP contribution in [-0.2, 0) is 11.2 Å². The minimum Gasteiger partial charge on any atom is -0.294 e. The van der Waals surface area contributed by atoms with Crippen LogP contribution in [0.25, 0.3) is 0 Å². The number of rotatable bonds is 6. The number of amides is 1. The summed E-state index contributed by atoms with van der Waals surface area (Å²) in [6.45, 7) is 4.27. The van der Waals surface area contributed by atoms with Gasteiger partial charge >= 0.3 is 0 Å². The summed E-state index contributed by atoms with van der Waals surface area (Å²) < 4.78 is 13.9. The van der Waals surface area contributed by atoms with Crippen molar-refractivity contribution in [1.82, 2.24) is 9.91 Å². The number of halogens is 1. The van der Waals surface area contributed by atoms with E-state index in [1.165, 1.54) is 17.7 Å². The predicted molar refractivity (Wildman–Crippen MR) is 138 cm³/mol. The van der Waals surface area contributed by atoms with Gasteiger partial charge < -0.3 is 0 Å². The van der Waals surface area contributed by atoms with Crippen molar-refractivity contribution in [2.24, 2.45) is 11.0 Å². The first-order chi connectivity index (χ1) is 17.1. The normalized spacial score (nSPS) is 19.1. The van der Waals surface area contributed by atoms with Crippen molar-refractivity contribution in [1.29, 1.82) is 0 Å². The third-order valence-corrected chi connectivity index (χ3v) is 7.30. The Balaban J connectivity index is 1.28. The zero-order chi connectivity index (χ0) is 24.2. The molecule has 5 rings (SSSR count). The van der Waals surface area contributed by atoms with Crippen LogP contribution in [0.3, 0.4) is 0 Å². The Morgan fingerprint density at radius 2 is 1.71 bits per heavy atom. The molecule has 4 nitrogen and oxygen atoms in total. The van der Waals surface area contributed by atoms with Gasteiger partial charge in [0.25, 0.3) is 5.91 Å². The highest BCUT2D eigenvalue weighted by atomic mass is 19.1. The first-order valence-corrected chi connectivity index (χ1v) is 12.5. The van der Waals surface area contributed by atoms with E-state index in [2.05, 4.69) is 54.3 Å². The number of hydrazone groups is 1. The van der Waals surface area contributed by atoms with Crippen LogP contribution in [0, 0.1) is 18.7 Å². The number of carbonyl (C=O) groups excluding carboxylic acids is 1. The zero-order valence-electron chi connectivity index (χ0n) is 20.2. The number of benzene rings is 3. The standard InChI is InChI=1S/C30H32FN3O/c1-22-8-5-6-13-27(22)29-20-28(25-11-7-12-26(31)19-25)32-34(29)30(35)21-33-16-14-24(15-17-33)18-23-9-3-2-4-10-23/h2-13,19,24,29H,14-18,20-21H2,1H3. The molecule has 2 aliphatic heterocycles. The van der Waals surface area contributed by atoms with Crippen LogP contribution in [0.1, 0.15) is 47.6 Å². The number of aryl methyl sites for hydroxylation is 1. The maximum absolute atomic E-state index is 13.9. The number of carbonyl (C=O) groups is 1. The number of hydrogen-bond donors (Lipinski definition) is 0. The molecule has 1 saturated heterocycles. The molecule has 1 atom stereocenters. The Hall–Kier alpha value is -3.31. The van der Waals surface area contributed by atoms with Gasteiger partial charge in [-0.05, 0) is 74.0 Å². The second kappa shape index (κ2) is 10.5. The van der Waals surface area contributed by atoms with Gasteiger partial charge in [-0.15, -0.1) is 0 Å². The Kier molecular flexibility index (Phi) is 7.05. The van der Waals surface area contributed by atoms with Gasteiger partial charge in [-0.25, -0.2) is 9.40 Å². The molecular weight excluding hydrogens is 437 g/mol. The highest BCUT2D eigenvalue weighted by Gasteiger charge is 2.35. The Morgan fingerprint density at radius 3 is 2.46 bits per heavy atom. The van der Waals surface area contributed by atoms with Gasteiger partial charge in [-0.3, -0.25) is 9.69 Å². The molecule has 3 aromatic carbocycles. The molecule has 0 spiro atoms. The minimum atomic E-state index is -0.291. The summed E-state index contributed by atoms with van der Waals surface area (Å²) in [5, 5.41) is 6.39. The number of nitrogens with zero attached hydrogens (tertiary/aromatic N) is 3. The van der Waals surface area contributed by atoms with Crippen LogP contribution in [0.5, 0.6) is 0 Å². The molecule has 5 heteroatoms. The summed E-state index contributed by atoms with van der Waals surface area (Å²) in [6.07, 6.45) is 3.88.